The number of ether oxygens (including phenoxy) is 1. The van der Waals surface area contributed by atoms with E-state index in [0.29, 0.717) is 0 Å². The predicted molar refractivity (Wildman–Crippen MR) is 42.1 cm³/mol. The van der Waals surface area contributed by atoms with Crippen LogP contribution in [0.15, 0.2) is 30.3 Å². The zero-order valence-electron chi connectivity index (χ0n) is 6.49. The van der Waals surface area contributed by atoms with Crippen molar-refractivity contribution in [2.24, 2.45) is 0 Å². The van der Waals surface area contributed by atoms with Crippen LogP contribution >= 0.6 is 0 Å². The van der Waals surface area contributed by atoms with E-state index in [9.17, 15) is 5.11 Å². The van der Waals surface area contributed by atoms with Crippen molar-refractivity contribution in [3.63, 3.8) is 0 Å². The van der Waals surface area contributed by atoms with Crippen LogP contribution in [-0.2, 0) is 5.11 Å². The molecular weight excluding hydrogens is 140 g/mol. The second kappa shape index (κ2) is 3.98. The molecule has 2 heteroatoms. The van der Waals surface area contributed by atoms with Crippen LogP contribution in [0.3, 0.4) is 0 Å². The molecule has 0 aliphatic rings. The summed E-state index contributed by atoms with van der Waals surface area (Å²) in [4.78, 5) is 0. The molecule has 0 amide bonds. The third-order valence-electron chi connectivity index (χ3n) is 1.23. The SMILES string of the molecule is CC([O])COc1ccccc1. The van der Waals surface area contributed by atoms with Gasteiger partial charge < -0.3 is 4.74 Å². The van der Waals surface area contributed by atoms with E-state index in [0.717, 1.165) is 5.75 Å². The van der Waals surface area contributed by atoms with Crippen LogP contribution in [0.5, 0.6) is 5.75 Å². The molecule has 1 radical (unpaired) electrons. The van der Waals surface area contributed by atoms with Gasteiger partial charge >= 0.3 is 0 Å². The molecule has 1 aromatic rings. The monoisotopic (exact) mass is 151 g/mol. The Balaban J connectivity index is 2.39. The van der Waals surface area contributed by atoms with Gasteiger partial charge in [0.05, 0.1) is 0 Å². The average Bonchev–Trinajstić information content (AvgIpc) is 2.03. The van der Waals surface area contributed by atoms with Crippen LogP contribution in [-0.4, -0.2) is 12.7 Å². The maximum absolute atomic E-state index is 10.6. The molecule has 0 heterocycles. The molecule has 1 aromatic carbocycles. The molecule has 0 fully saturated rings. The molecule has 0 spiro atoms. The normalized spacial score (nSPS) is 12.5. The first kappa shape index (κ1) is 8.08. The number of hydrogen-bond donors (Lipinski definition) is 0. The zero-order valence-corrected chi connectivity index (χ0v) is 6.49. The van der Waals surface area contributed by atoms with E-state index >= 15 is 0 Å². The summed E-state index contributed by atoms with van der Waals surface area (Å²) in [6.07, 6.45) is -0.657. The van der Waals surface area contributed by atoms with Crippen LogP contribution in [0, 0.1) is 0 Å². The lowest BCUT2D eigenvalue weighted by Crippen LogP contribution is -2.11. The fraction of sp³-hybridized carbons (Fsp3) is 0.333. The van der Waals surface area contributed by atoms with E-state index in [-0.39, 0.29) is 6.61 Å². The number of rotatable bonds is 3. The third kappa shape index (κ3) is 3.05. The molecule has 1 atom stereocenters. The Bertz CT molecular complexity index is 194. The maximum atomic E-state index is 10.6. The van der Waals surface area contributed by atoms with Crippen LogP contribution in [0.4, 0.5) is 0 Å². The lowest BCUT2D eigenvalue weighted by molar-refractivity contribution is 0.0585. The molecule has 59 valence electrons. The first-order valence-electron chi connectivity index (χ1n) is 3.62. The Labute approximate surface area is 66.4 Å². The number of para-hydroxylation sites is 1. The summed E-state index contributed by atoms with van der Waals surface area (Å²) < 4.78 is 5.15. The van der Waals surface area contributed by atoms with Crippen molar-refractivity contribution in [3.05, 3.63) is 30.3 Å². The van der Waals surface area contributed by atoms with Gasteiger partial charge in [0.15, 0.2) is 0 Å². The van der Waals surface area contributed by atoms with Gasteiger partial charge in [0, 0.05) is 0 Å². The Morgan fingerprint density at radius 1 is 1.36 bits per heavy atom. The molecule has 11 heavy (non-hydrogen) atoms. The van der Waals surface area contributed by atoms with Gasteiger partial charge in [-0.2, -0.15) is 0 Å². The van der Waals surface area contributed by atoms with Crippen LogP contribution < -0.4 is 4.74 Å². The summed E-state index contributed by atoms with van der Waals surface area (Å²) in [5, 5.41) is 10.6. The summed E-state index contributed by atoms with van der Waals surface area (Å²) in [5.41, 5.74) is 0. The molecule has 2 nitrogen and oxygen atoms in total. The Kier molecular flexibility index (Phi) is 2.93. The van der Waals surface area contributed by atoms with Crippen molar-refractivity contribution in [1.82, 2.24) is 0 Å². The van der Waals surface area contributed by atoms with Crippen molar-refractivity contribution in [2.45, 2.75) is 13.0 Å². The molecule has 0 saturated carbocycles. The van der Waals surface area contributed by atoms with Gasteiger partial charge in [-0.15, -0.1) is 0 Å². The molecule has 1 unspecified atom stereocenters. The quantitative estimate of drug-likeness (QED) is 0.648. The van der Waals surface area contributed by atoms with E-state index in [1.54, 1.807) is 6.92 Å². The Morgan fingerprint density at radius 3 is 2.55 bits per heavy atom. The molecule has 1 rings (SSSR count). The van der Waals surface area contributed by atoms with Crippen molar-refractivity contribution >= 4 is 0 Å². The van der Waals surface area contributed by atoms with E-state index in [1.165, 1.54) is 0 Å². The lowest BCUT2D eigenvalue weighted by Gasteiger charge is -2.05. The van der Waals surface area contributed by atoms with Crippen molar-refractivity contribution in [2.75, 3.05) is 6.61 Å². The highest BCUT2D eigenvalue weighted by Gasteiger charge is 1.97. The van der Waals surface area contributed by atoms with E-state index in [2.05, 4.69) is 0 Å². The highest BCUT2D eigenvalue weighted by atomic mass is 16.5. The van der Waals surface area contributed by atoms with Gasteiger partial charge in [0.2, 0.25) is 0 Å². The summed E-state index contributed by atoms with van der Waals surface area (Å²) in [6.45, 7) is 1.83. The third-order valence-corrected chi connectivity index (χ3v) is 1.23. The van der Waals surface area contributed by atoms with Crippen LogP contribution in [0.25, 0.3) is 0 Å². The lowest BCUT2D eigenvalue weighted by atomic mass is 10.3. The first-order chi connectivity index (χ1) is 5.29. The minimum atomic E-state index is -0.657. The van der Waals surface area contributed by atoms with E-state index < -0.39 is 6.10 Å². The highest BCUT2D eigenvalue weighted by Crippen LogP contribution is 2.08. The number of hydrogen-bond acceptors (Lipinski definition) is 1. The molecule has 0 bridgehead atoms. The van der Waals surface area contributed by atoms with Gasteiger partial charge in [-0.25, -0.2) is 5.11 Å². The zero-order chi connectivity index (χ0) is 8.10. The Hall–Kier alpha value is -1.02. The molecule has 0 aromatic heterocycles. The summed E-state index contributed by atoms with van der Waals surface area (Å²) >= 11 is 0. The maximum Gasteiger partial charge on any atom is 0.124 e. The second-order valence-corrected chi connectivity index (χ2v) is 2.43. The van der Waals surface area contributed by atoms with Gasteiger partial charge in [0.1, 0.15) is 18.5 Å². The second-order valence-electron chi connectivity index (χ2n) is 2.43. The standard InChI is InChI=1S/C9H11O2/c1-8(10)7-11-9-5-3-2-4-6-9/h2-6,8H,7H2,1H3. The van der Waals surface area contributed by atoms with E-state index in [4.69, 9.17) is 4.74 Å². The minimum absolute atomic E-state index is 0.240. The summed E-state index contributed by atoms with van der Waals surface area (Å²) in [7, 11) is 0. The molecule has 0 aliphatic heterocycles. The predicted octanol–water partition coefficient (Wildman–Crippen LogP) is 1.88. The summed E-state index contributed by atoms with van der Waals surface area (Å²) in [6, 6.07) is 9.34. The highest BCUT2D eigenvalue weighted by molar-refractivity contribution is 5.20. The topological polar surface area (TPSA) is 29.1 Å². The van der Waals surface area contributed by atoms with Gasteiger partial charge in [-0.05, 0) is 19.1 Å². The van der Waals surface area contributed by atoms with Crippen LogP contribution in [0.1, 0.15) is 6.92 Å². The molecule has 0 saturated heterocycles. The van der Waals surface area contributed by atoms with Crippen LogP contribution in [0.2, 0.25) is 0 Å². The minimum Gasteiger partial charge on any atom is -0.491 e. The van der Waals surface area contributed by atoms with Gasteiger partial charge in [-0.3, -0.25) is 0 Å². The smallest absolute Gasteiger partial charge is 0.124 e. The van der Waals surface area contributed by atoms with E-state index in [1.807, 2.05) is 30.3 Å². The Morgan fingerprint density at radius 2 is 2.00 bits per heavy atom. The average molecular weight is 151 g/mol. The van der Waals surface area contributed by atoms with Gasteiger partial charge in [0.25, 0.3) is 0 Å². The van der Waals surface area contributed by atoms with Gasteiger partial charge in [-0.1, -0.05) is 18.2 Å². The molecule has 0 aliphatic carbocycles. The molecule has 0 N–H and O–H groups in total. The van der Waals surface area contributed by atoms with Crippen molar-refractivity contribution in [1.29, 1.82) is 0 Å². The largest absolute Gasteiger partial charge is 0.491 e. The first-order valence-corrected chi connectivity index (χ1v) is 3.62. The summed E-state index contributed by atoms with van der Waals surface area (Å²) in [5.74, 6) is 0.759. The van der Waals surface area contributed by atoms with Crippen molar-refractivity contribution in [3.8, 4) is 5.75 Å². The fourth-order valence-electron chi connectivity index (χ4n) is 0.730. The molecular formula is C9H11O2. The fourth-order valence-corrected chi connectivity index (χ4v) is 0.730. The number of benzene rings is 1. The van der Waals surface area contributed by atoms with Crippen molar-refractivity contribution < 1.29 is 9.84 Å².